The third kappa shape index (κ3) is 3.45. The highest BCUT2D eigenvalue weighted by Gasteiger charge is 2.35. The molecule has 1 heterocycles. The van der Waals surface area contributed by atoms with Gasteiger partial charge in [-0.2, -0.15) is 0 Å². The fourth-order valence-corrected chi connectivity index (χ4v) is 5.07. The molecule has 0 aliphatic carbocycles. The fourth-order valence-electron chi connectivity index (χ4n) is 3.42. The minimum Gasteiger partial charge on any atom is -0.497 e. The Bertz CT molecular complexity index is 1190. The van der Waals surface area contributed by atoms with Gasteiger partial charge in [-0.1, -0.05) is 29.8 Å². The number of nitrogens with zero attached hydrogens (tertiary/aromatic N) is 1. The van der Waals surface area contributed by atoms with E-state index in [1.807, 2.05) is 25.1 Å². The minimum absolute atomic E-state index is 0.204. The van der Waals surface area contributed by atoms with Gasteiger partial charge in [-0.15, -0.1) is 0 Å². The average Bonchev–Trinajstić information content (AvgIpc) is 2.72. The number of nitrogens with one attached hydrogen (secondary N) is 1. The molecule has 148 valence electrons. The molecule has 0 saturated carbocycles. The molecule has 1 aliphatic heterocycles. The summed E-state index contributed by atoms with van der Waals surface area (Å²) in [5.74, 6) is 0.243. The molecular weight excluding hydrogens is 388 g/mol. The number of anilines is 2. The molecule has 0 saturated heterocycles. The molecule has 0 fully saturated rings. The number of methoxy groups -OCH3 is 1. The third-order valence-corrected chi connectivity index (χ3v) is 6.64. The van der Waals surface area contributed by atoms with E-state index in [1.165, 1.54) is 4.31 Å². The van der Waals surface area contributed by atoms with Crippen molar-refractivity contribution in [3.05, 3.63) is 72.3 Å². The Balaban J connectivity index is 1.69. The molecule has 3 aromatic carbocycles. The number of hydrogen-bond donors (Lipinski definition) is 1. The van der Waals surface area contributed by atoms with Gasteiger partial charge in [0.15, 0.2) is 0 Å². The molecule has 0 bridgehead atoms. The summed E-state index contributed by atoms with van der Waals surface area (Å²) in [4.78, 5) is 12.9. The van der Waals surface area contributed by atoms with E-state index < -0.39 is 15.9 Å². The summed E-state index contributed by atoms with van der Waals surface area (Å²) < 4.78 is 32.8. The zero-order valence-electron chi connectivity index (χ0n) is 16.0. The fraction of sp³-hybridized carbons (Fsp3) is 0.136. The van der Waals surface area contributed by atoms with Gasteiger partial charge in [-0.05, 0) is 49.4 Å². The van der Waals surface area contributed by atoms with Crippen molar-refractivity contribution in [3.63, 3.8) is 0 Å². The number of ether oxygens (including phenoxy) is 1. The van der Waals surface area contributed by atoms with E-state index in [4.69, 9.17) is 4.74 Å². The largest absolute Gasteiger partial charge is 0.497 e. The Hall–Kier alpha value is -3.32. The summed E-state index contributed by atoms with van der Waals surface area (Å²) in [7, 11) is -2.29. The summed E-state index contributed by atoms with van der Waals surface area (Å²) in [5.41, 5.74) is 3.53. The van der Waals surface area contributed by atoms with Crippen molar-refractivity contribution in [2.24, 2.45) is 0 Å². The number of amides is 1. The van der Waals surface area contributed by atoms with Gasteiger partial charge in [0, 0.05) is 16.8 Å². The molecule has 0 radical (unpaired) electrons. The van der Waals surface area contributed by atoms with Crippen LogP contribution < -0.4 is 14.4 Å². The van der Waals surface area contributed by atoms with Gasteiger partial charge in [-0.3, -0.25) is 9.10 Å². The van der Waals surface area contributed by atoms with Crippen molar-refractivity contribution < 1.29 is 17.9 Å². The number of carbonyl (C=O) groups excluding carboxylic acids is 1. The minimum atomic E-state index is -3.85. The predicted octanol–water partition coefficient (Wildman–Crippen LogP) is 3.82. The molecule has 4 rings (SSSR count). The third-order valence-electron chi connectivity index (χ3n) is 4.83. The van der Waals surface area contributed by atoms with Gasteiger partial charge in [0.25, 0.3) is 10.0 Å². The first-order chi connectivity index (χ1) is 13.9. The number of fused-ring (bicyclic) bond motifs is 3. The SMILES string of the molecule is COc1ccc(NC(=O)CN2c3ccc(C)cc3-c3ccccc3S2(=O)=O)cc1. The number of benzene rings is 3. The van der Waals surface area contributed by atoms with Crippen molar-refractivity contribution in [1.29, 1.82) is 0 Å². The Morgan fingerprint density at radius 1 is 1.00 bits per heavy atom. The first kappa shape index (κ1) is 19.0. The normalized spacial score (nSPS) is 13.9. The molecule has 7 heteroatoms. The number of carbonyl (C=O) groups is 1. The van der Waals surface area contributed by atoms with Crippen LogP contribution in [0.5, 0.6) is 5.75 Å². The molecule has 0 unspecified atom stereocenters. The first-order valence-electron chi connectivity index (χ1n) is 9.07. The molecule has 6 nitrogen and oxygen atoms in total. The molecule has 1 amide bonds. The Labute approximate surface area is 169 Å². The molecule has 0 atom stereocenters. The van der Waals surface area contributed by atoms with Gasteiger partial charge in [-0.25, -0.2) is 8.42 Å². The summed E-state index contributed by atoms with van der Waals surface area (Å²) in [6.07, 6.45) is 0. The molecule has 0 aromatic heterocycles. The van der Waals surface area contributed by atoms with Crippen LogP contribution in [-0.2, 0) is 14.8 Å². The van der Waals surface area contributed by atoms with Crippen LogP contribution in [0.2, 0.25) is 0 Å². The summed E-state index contributed by atoms with van der Waals surface area (Å²) in [6, 6.07) is 19.3. The second kappa shape index (κ2) is 7.25. The zero-order valence-corrected chi connectivity index (χ0v) is 16.9. The lowest BCUT2D eigenvalue weighted by Crippen LogP contribution is -2.40. The van der Waals surface area contributed by atoms with Crippen LogP contribution in [0, 0.1) is 6.92 Å². The number of hydrogen-bond acceptors (Lipinski definition) is 4. The van der Waals surface area contributed by atoms with E-state index in [2.05, 4.69) is 5.32 Å². The number of sulfonamides is 1. The second-order valence-corrected chi connectivity index (χ2v) is 8.64. The lowest BCUT2D eigenvalue weighted by molar-refractivity contribution is -0.114. The average molecular weight is 408 g/mol. The smallest absolute Gasteiger partial charge is 0.265 e. The van der Waals surface area contributed by atoms with Crippen LogP contribution in [0.15, 0.2) is 71.6 Å². The number of aryl methyl sites for hydroxylation is 1. The van der Waals surface area contributed by atoms with Crippen LogP contribution in [0.4, 0.5) is 11.4 Å². The number of rotatable bonds is 4. The highest BCUT2D eigenvalue weighted by atomic mass is 32.2. The van der Waals surface area contributed by atoms with E-state index in [0.717, 1.165) is 11.1 Å². The first-order valence-corrected chi connectivity index (χ1v) is 10.5. The quantitative estimate of drug-likeness (QED) is 0.712. The maximum atomic E-state index is 13.3. The monoisotopic (exact) mass is 408 g/mol. The van der Waals surface area contributed by atoms with Gasteiger partial charge in [0.1, 0.15) is 12.3 Å². The van der Waals surface area contributed by atoms with Crippen molar-refractivity contribution in [2.75, 3.05) is 23.3 Å². The summed E-state index contributed by atoms with van der Waals surface area (Å²) in [5, 5.41) is 2.74. The van der Waals surface area contributed by atoms with Gasteiger partial charge >= 0.3 is 0 Å². The zero-order chi connectivity index (χ0) is 20.6. The molecule has 0 spiro atoms. The molecule has 29 heavy (non-hydrogen) atoms. The lowest BCUT2D eigenvalue weighted by atomic mass is 10.0. The van der Waals surface area contributed by atoms with Gasteiger partial charge in [0.2, 0.25) is 5.91 Å². The molecular formula is C22H20N2O4S. The van der Waals surface area contributed by atoms with Crippen molar-refractivity contribution in [3.8, 4) is 16.9 Å². The Kier molecular flexibility index (Phi) is 4.76. The van der Waals surface area contributed by atoms with Crippen LogP contribution >= 0.6 is 0 Å². The molecule has 1 aliphatic rings. The van der Waals surface area contributed by atoms with Crippen molar-refractivity contribution in [2.45, 2.75) is 11.8 Å². The second-order valence-electron chi connectivity index (χ2n) is 6.81. The maximum absolute atomic E-state index is 13.3. The van der Waals surface area contributed by atoms with Crippen molar-refractivity contribution >= 4 is 27.3 Å². The Morgan fingerprint density at radius 2 is 1.72 bits per heavy atom. The van der Waals surface area contributed by atoms with E-state index >= 15 is 0 Å². The van der Waals surface area contributed by atoms with Crippen LogP contribution in [-0.4, -0.2) is 28.0 Å². The molecule has 3 aromatic rings. The van der Waals surface area contributed by atoms with Crippen LogP contribution in [0.3, 0.4) is 0 Å². The van der Waals surface area contributed by atoms with Crippen molar-refractivity contribution in [1.82, 2.24) is 0 Å². The van der Waals surface area contributed by atoms with Crippen LogP contribution in [0.25, 0.3) is 11.1 Å². The van der Waals surface area contributed by atoms with Gasteiger partial charge < -0.3 is 10.1 Å². The Morgan fingerprint density at radius 3 is 2.45 bits per heavy atom. The highest BCUT2D eigenvalue weighted by molar-refractivity contribution is 7.93. The predicted molar refractivity (Wildman–Crippen MR) is 113 cm³/mol. The van der Waals surface area contributed by atoms with E-state index in [9.17, 15) is 13.2 Å². The lowest BCUT2D eigenvalue weighted by Gasteiger charge is -2.31. The van der Waals surface area contributed by atoms with E-state index in [1.54, 1.807) is 55.6 Å². The van der Waals surface area contributed by atoms with Gasteiger partial charge in [0.05, 0.1) is 17.7 Å². The van der Waals surface area contributed by atoms with E-state index in [0.29, 0.717) is 22.7 Å². The van der Waals surface area contributed by atoms with Crippen LogP contribution in [0.1, 0.15) is 5.56 Å². The highest BCUT2D eigenvalue weighted by Crippen LogP contribution is 2.43. The summed E-state index contributed by atoms with van der Waals surface area (Å²) >= 11 is 0. The standard InChI is InChI=1S/C22H20N2O4S/c1-15-7-12-20-19(13-15)18-5-3-4-6-21(18)29(26,27)24(20)14-22(25)23-16-8-10-17(28-2)11-9-16/h3-13H,14H2,1-2H3,(H,23,25). The summed E-state index contributed by atoms with van der Waals surface area (Å²) in [6.45, 7) is 1.63. The molecule has 1 N–H and O–H groups in total. The van der Waals surface area contributed by atoms with E-state index in [-0.39, 0.29) is 11.4 Å². The topological polar surface area (TPSA) is 75.7 Å². The maximum Gasteiger partial charge on any atom is 0.265 e.